The predicted molar refractivity (Wildman–Crippen MR) is 72.6 cm³/mol. The zero-order chi connectivity index (χ0) is 13.3. The lowest BCUT2D eigenvalue weighted by molar-refractivity contribution is 0.0652. The molecule has 1 fully saturated rings. The van der Waals surface area contributed by atoms with Crippen LogP contribution >= 0.6 is 0 Å². The van der Waals surface area contributed by atoms with E-state index in [2.05, 4.69) is 25.8 Å². The highest BCUT2D eigenvalue weighted by Gasteiger charge is 2.23. The molecule has 2 N–H and O–H groups in total. The Morgan fingerprint density at radius 1 is 1.28 bits per heavy atom. The van der Waals surface area contributed by atoms with Gasteiger partial charge in [0.2, 0.25) is 0 Å². The van der Waals surface area contributed by atoms with E-state index in [9.17, 15) is 4.79 Å². The molecule has 1 saturated heterocycles. The van der Waals surface area contributed by atoms with Crippen LogP contribution in [0.5, 0.6) is 0 Å². The van der Waals surface area contributed by atoms with Crippen molar-refractivity contribution in [3.63, 3.8) is 0 Å². The monoisotopic (exact) mass is 250 g/mol. The highest BCUT2D eigenvalue weighted by Crippen LogP contribution is 2.18. The van der Waals surface area contributed by atoms with Gasteiger partial charge in [0.25, 0.3) is 5.91 Å². The fourth-order valence-corrected chi connectivity index (χ4v) is 2.27. The van der Waals surface area contributed by atoms with Crippen LogP contribution < -0.4 is 5.73 Å². The number of anilines is 1. The molecule has 1 aromatic rings. The van der Waals surface area contributed by atoms with Gasteiger partial charge in [-0.25, -0.2) is 0 Å². The molecule has 2 heterocycles. The summed E-state index contributed by atoms with van der Waals surface area (Å²) in [4.78, 5) is 16.6. The first-order chi connectivity index (χ1) is 8.49. The third kappa shape index (κ3) is 2.51. The lowest BCUT2D eigenvalue weighted by Gasteiger charge is -2.32. The summed E-state index contributed by atoms with van der Waals surface area (Å²) >= 11 is 0. The smallest absolute Gasteiger partial charge is 0.270 e. The Labute approximate surface area is 108 Å². The van der Waals surface area contributed by atoms with Crippen molar-refractivity contribution >= 4 is 11.6 Å². The van der Waals surface area contributed by atoms with Crippen LogP contribution in [-0.2, 0) is 0 Å². The second-order valence-corrected chi connectivity index (χ2v) is 5.26. The molecule has 0 aliphatic carbocycles. The molecule has 0 aromatic carbocycles. The maximum Gasteiger partial charge on any atom is 0.270 e. The Morgan fingerprint density at radius 2 is 1.89 bits per heavy atom. The standard InChI is InChI=1S/C13H22N4O/c1-10(2)17-9-11(14)8-12(17)13(18)16-6-4-15(3)5-7-16/h8-10H,4-7,14H2,1-3H3. The highest BCUT2D eigenvalue weighted by atomic mass is 16.2. The minimum absolute atomic E-state index is 0.0912. The van der Waals surface area contributed by atoms with E-state index in [1.165, 1.54) is 0 Å². The SMILES string of the molecule is CC(C)n1cc(N)cc1C(=O)N1CCN(C)CC1. The first-order valence-corrected chi connectivity index (χ1v) is 6.44. The molecule has 0 atom stereocenters. The van der Waals surface area contributed by atoms with Crippen molar-refractivity contribution in [2.24, 2.45) is 0 Å². The molecule has 0 unspecified atom stereocenters. The number of likely N-dealkylation sites (N-methyl/N-ethyl adjacent to an activating group) is 1. The second-order valence-electron chi connectivity index (χ2n) is 5.26. The molecule has 0 radical (unpaired) electrons. The maximum absolute atomic E-state index is 12.5. The Balaban J connectivity index is 2.18. The summed E-state index contributed by atoms with van der Waals surface area (Å²) in [7, 11) is 2.08. The summed E-state index contributed by atoms with van der Waals surface area (Å²) in [6.07, 6.45) is 1.84. The summed E-state index contributed by atoms with van der Waals surface area (Å²) in [5.41, 5.74) is 7.16. The third-order valence-electron chi connectivity index (χ3n) is 3.44. The van der Waals surface area contributed by atoms with Gasteiger partial charge in [-0.1, -0.05) is 0 Å². The fourth-order valence-electron chi connectivity index (χ4n) is 2.27. The number of aromatic nitrogens is 1. The zero-order valence-electron chi connectivity index (χ0n) is 11.4. The molecular weight excluding hydrogens is 228 g/mol. The van der Waals surface area contributed by atoms with Gasteiger partial charge < -0.3 is 20.1 Å². The topological polar surface area (TPSA) is 54.5 Å². The Kier molecular flexibility index (Phi) is 3.61. The van der Waals surface area contributed by atoms with Crippen LogP contribution in [-0.4, -0.2) is 53.5 Å². The molecule has 1 aliphatic rings. The average molecular weight is 250 g/mol. The molecule has 2 rings (SSSR count). The van der Waals surface area contributed by atoms with Crippen molar-refractivity contribution in [3.05, 3.63) is 18.0 Å². The van der Waals surface area contributed by atoms with Crippen molar-refractivity contribution in [2.75, 3.05) is 39.0 Å². The first-order valence-electron chi connectivity index (χ1n) is 6.44. The van der Waals surface area contributed by atoms with Crippen molar-refractivity contribution in [2.45, 2.75) is 19.9 Å². The van der Waals surface area contributed by atoms with E-state index in [-0.39, 0.29) is 11.9 Å². The average Bonchev–Trinajstić information content (AvgIpc) is 2.71. The number of nitrogens with zero attached hydrogens (tertiary/aromatic N) is 3. The van der Waals surface area contributed by atoms with Crippen molar-refractivity contribution in [1.82, 2.24) is 14.4 Å². The highest BCUT2D eigenvalue weighted by molar-refractivity contribution is 5.94. The van der Waals surface area contributed by atoms with Gasteiger partial charge in [0.05, 0.1) is 5.69 Å². The Bertz CT molecular complexity index is 430. The third-order valence-corrected chi connectivity index (χ3v) is 3.44. The molecule has 5 heteroatoms. The Hall–Kier alpha value is -1.49. The zero-order valence-corrected chi connectivity index (χ0v) is 11.4. The number of carbonyl (C=O) groups is 1. The summed E-state index contributed by atoms with van der Waals surface area (Å²) in [6.45, 7) is 7.56. The number of rotatable bonds is 2. The second kappa shape index (κ2) is 5.02. The number of hydrogen-bond acceptors (Lipinski definition) is 3. The molecule has 1 amide bonds. The van der Waals surface area contributed by atoms with Crippen LogP contribution in [0.3, 0.4) is 0 Å². The molecule has 100 valence electrons. The first kappa shape index (κ1) is 13.0. The van der Waals surface area contributed by atoms with Gasteiger partial charge in [-0.3, -0.25) is 4.79 Å². The summed E-state index contributed by atoms with van der Waals surface area (Å²) in [5, 5.41) is 0. The molecule has 1 aromatic heterocycles. The normalized spacial score (nSPS) is 17.4. The van der Waals surface area contributed by atoms with E-state index >= 15 is 0 Å². The van der Waals surface area contributed by atoms with E-state index in [0.29, 0.717) is 11.4 Å². The minimum atomic E-state index is 0.0912. The van der Waals surface area contributed by atoms with Crippen LogP contribution in [0.4, 0.5) is 5.69 Å². The predicted octanol–water partition coefficient (Wildman–Crippen LogP) is 1.04. The van der Waals surface area contributed by atoms with Crippen molar-refractivity contribution in [3.8, 4) is 0 Å². The summed E-state index contributed by atoms with van der Waals surface area (Å²) in [5.74, 6) is 0.0912. The largest absolute Gasteiger partial charge is 0.397 e. The molecule has 0 bridgehead atoms. The lowest BCUT2D eigenvalue weighted by atomic mass is 10.2. The van der Waals surface area contributed by atoms with Gasteiger partial charge in [0, 0.05) is 38.4 Å². The van der Waals surface area contributed by atoms with E-state index in [4.69, 9.17) is 5.73 Å². The number of piperazine rings is 1. The fraction of sp³-hybridized carbons (Fsp3) is 0.615. The molecular formula is C13H22N4O. The van der Waals surface area contributed by atoms with Gasteiger partial charge in [0.1, 0.15) is 5.69 Å². The van der Waals surface area contributed by atoms with Crippen LogP contribution in [0.25, 0.3) is 0 Å². The number of nitrogen functional groups attached to an aromatic ring is 1. The summed E-state index contributed by atoms with van der Waals surface area (Å²) < 4.78 is 1.95. The summed E-state index contributed by atoms with van der Waals surface area (Å²) in [6, 6.07) is 2.02. The van der Waals surface area contributed by atoms with Crippen LogP contribution in [0.1, 0.15) is 30.4 Å². The Morgan fingerprint density at radius 3 is 2.44 bits per heavy atom. The molecule has 1 aliphatic heterocycles. The molecule has 0 saturated carbocycles. The quantitative estimate of drug-likeness (QED) is 0.853. The van der Waals surface area contributed by atoms with Gasteiger partial charge in [-0.15, -0.1) is 0 Å². The van der Waals surface area contributed by atoms with Crippen LogP contribution in [0, 0.1) is 0 Å². The molecule has 5 nitrogen and oxygen atoms in total. The molecule has 18 heavy (non-hydrogen) atoms. The molecule has 0 spiro atoms. The lowest BCUT2D eigenvalue weighted by Crippen LogP contribution is -2.47. The van der Waals surface area contributed by atoms with Crippen LogP contribution in [0.15, 0.2) is 12.3 Å². The minimum Gasteiger partial charge on any atom is -0.397 e. The van der Waals surface area contributed by atoms with Crippen LogP contribution in [0.2, 0.25) is 0 Å². The van der Waals surface area contributed by atoms with Gasteiger partial charge >= 0.3 is 0 Å². The van der Waals surface area contributed by atoms with Crippen molar-refractivity contribution < 1.29 is 4.79 Å². The number of carbonyl (C=O) groups excluding carboxylic acids is 1. The van der Waals surface area contributed by atoms with E-state index in [1.807, 2.05) is 15.7 Å². The van der Waals surface area contributed by atoms with Gasteiger partial charge in [-0.2, -0.15) is 0 Å². The van der Waals surface area contributed by atoms with Gasteiger partial charge in [-0.05, 0) is 27.0 Å². The maximum atomic E-state index is 12.5. The van der Waals surface area contributed by atoms with Gasteiger partial charge in [0.15, 0.2) is 0 Å². The van der Waals surface area contributed by atoms with E-state index in [1.54, 1.807) is 6.07 Å². The number of hydrogen-bond donors (Lipinski definition) is 1. The van der Waals surface area contributed by atoms with E-state index < -0.39 is 0 Å². The van der Waals surface area contributed by atoms with E-state index in [0.717, 1.165) is 26.2 Å². The number of nitrogens with two attached hydrogens (primary N) is 1. The number of amides is 1. The van der Waals surface area contributed by atoms with Crippen molar-refractivity contribution in [1.29, 1.82) is 0 Å².